The van der Waals surface area contributed by atoms with Crippen molar-refractivity contribution in [3.8, 4) is 0 Å². The van der Waals surface area contributed by atoms with Gasteiger partial charge in [0, 0.05) is 15.7 Å². The quantitative estimate of drug-likeness (QED) is 0.709. The fourth-order valence-corrected chi connectivity index (χ4v) is 2.47. The van der Waals surface area contributed by atoms with E-state index in [0.717, 1.165) is 21.2 Å². The number of hydrogen-bond donors (Lipinski definition) is 0. The molecule has 0 bridgehead atoms. The molecule has 0 aliphatic rings. The van der Waals surface area contributed by atoms with Crippen LogP contribution in [0.4, 0.5) is 4.39 Å². The maximum Gasteiger partial charge on any atom is 0.123 e. The maximum absolute atomic E-state index is 12.7. The molecule has 0 radical (unpaired) electrons. The molecular weight excluding hydrogens is 243 g/mol. The van der Waals surface area contributed by atoms with E-state index in [-0.39, 0.29) is 5.82 Å². The molecule has 0 aliphatic heterocycles. The molecular formula is C13H10ClFS. The summed E-state index contributed by atoms with van der Waals surface area (Å²) < 4.78 is 12.7. The lowest BCUT2D eigenvalue weighted by atomic mass is 10.2. The normalized spacial score (nSPS) is 10.4. The molecule has 0 nitrogen and oxygen atoms in total. The molecule has 0 fully saturated rings. The predicted molar refractivity (Wildman–Crippen MR) is 67.4 cm³/mol. The summed E-state index contributed by atoms with van der Waals surface area (Å²) in [6.45, 7) is 0. The molecule has 0 saturated heterocycles. The SMILES string of the molecule is Fc1ccc(CSc2cccc(Cl)c2)cc1. The van der Waals surface area contributed by atoms with Crippen molar-refractivity contribution in [3.05, 3.63) is 64.9 Å². The number of hydrogen-bond acceptors (Lipinski definition) is 1. The van der Waals surface area contributed by atoms with Gasteiger partial charge in [-0.15, -0.1) is 11.8 Å². The highest BCUT2D eigenvalue weighted by Gasteiger charge is 1.97. The first-order valence-electron chi connectivity index (χ1n) is 4.87. The Hall–Kier alpha value is -0.990. The minimum absolute atomic E-state index is 0.198. The summed E-state index contributed by atoms with van der Waals surface area (Å²) in [6.07, 6.45) is 0. The lowest BCUT2D eigenvalue weighted by Gasteiger charge is -2.02. The summed E-state index contributed by atoms with van der Waals surface area (Å²) in [5.74, 6) is 0.622. The third-order valence-electron chi connectivity index (χ3n) is 2.11. The van der Waals surface area contributed by atoms with Gasteiger partial charge in [0.1, 0.15) is 5.82 Å². The number of halogens is 2. The van der Waals surface area contributed by atoms with Gasteiger partial charge < -0.3 is 0 Å². The molecule has 0 saturated carbocycles. The van der Waals surface area contributed by atoms with Gasteiger partial charge in [-0.2, -0.15) is 0 Å². The Labute approximate surface area is 103 Å². The van der Waals surface area contributed by atoms with Crippen molar-refractivity contribution in [2.75, 3.05) is 0 Å². The molecule has 2 aromatic carbocycles. The van der Waals surface area contributed by atoms with Gasteiger partial charge in [0.2, 0.25) is 0 Å². The van der Waals surface area contributed by atoms with Gasteiger partial charge in [-0.25, -0.2) is 4.39 Å². The summed E-state index contributed by atoms with van der Waals surface area (Å²) in [5, 5.41) is 0.740. The van der Waals surface area contributed by atoms with E-state index >= 15 is 0 Å². The van der Waals surface area contributed by atoms with Crippen molar-refractivity contribution >= 4 is 23.4 Å². The molecule has 2 rings (SSSR count). The third-order valence-corrected chi connectivity index (χ3v) is 3.41. The number of benzene rings is 2. The Morgan fingerprint density at radius 1 is 1.06 bits per heavy atom. The van der Waals surface area contributed by atoms with Crippen molar-refractivity contribution in [1.82, 2.24) is 0 Å². The molecule has 3 heteroatoms. The standard InChI is InChI=1S/C13H10ClFS/c14-11-2-1-3-13(8-11)16-9-10-4-6-12(15)7-5-10/h1-8H,9H2. The van der Waals surface area contributed by atoms with Crippen molar-refractivity contribution in [2.24, 2.45) is 0 Å². The monoisotopic (exact) mass is 252 g/mol. The summed E-state index contributed by atoms with van der Waals surface area (Å²) >= 11 is 7.57. The molecule has 0 atom stereocenters. The van der Waals surface area contributed by atoms with Crippen molar-refractivity contribution < 1.29 is 4.39 Å². The van der Waals surface area contributed by atoms with Crippen molar-refractivity contribution in [1.29, 1.82) is 0 Å². The van der Waals surface area contributed by atoms with Crippen LogP contribution >= 0.6 is 23.4 Å². The van der Waals surface area contributed by atoms with Crippen LogP contribution in [0.15, 0.2) is 53.4 Å². The average molecular weight is 253 g/mol. The van der Waals surface area contributed by atoms with Crippen LogP contribution in [-0.2, 0) is 5.75 Å². The average Bonchev–Trinajstić information content (AvgIpc) is 2.28. The Bertz CT molecular complexity index is 468. The minimum Gasteiger partial charge on any atom is -0.207 e. The molecule has 82 valence electrons. The predicted octanol–water partition coefficient (Wildman–Crippen LogP) is 4.77. The molecule has 0 heterocycles. The lowest BCUT2D eigenvalue weighted by molar-refractivity contribution is 0.627. The minimum atomic E-state index is -0.198. The smallest absolute Gasteiger partial charge is 0.123 e. The van der Waals surface area contributed by atoms with Gasteiger partial charge in [0.15, 0.2) is 0 Å². The van der Waals surface area contributed by atoms with E-state index in [1.54, 1.807) is 23.9 Å². The lowest BCUT2D eigenvalue weighted by Crippen LogP contribution is -1.81. The van der Waals surface area contributed by atoms with E-state index in [2.05, 4.69) is 0 Å². The second-order valence-electron chi connectivity index (χ2n) is 3.37. The van der Waals surface area contributed by atoms with Crippen molar-refractivity contribution in [3.63, 3.8) is 0 Å². The van der Waals surface area contributed by atoms with Crippen LogP contribution in [0.2, 0.25) is 5.02 Å². The van der Waals surface area contributed by atoms with E-state index in [4.69, 9.17) is 11.6 Å². The highest BCUT2D eigenvalue weighted by molar-refractivity contribution is 7.98. The molecule has 0 amide bonds. The number of rotatable bonds is 3. The first-order valence-corrected chi connectivity index (χ1v) is 6.23. The summed E-state index contributed by atoms with van der Waals surface area (Å²) in [5.41, 5.74) is 1.10. The molecule has 0 N–H and O–H groups in total. The Morgan fingerprint density at radius 2 is 1.81 bits per heavy atom. The molecule has 0 unspecified atom stereocenters. The molecule has 2 aromatic rings. The molecule has 16 heavy (non-hydrogen) atoms. The van der Waals surface area contributed by atoms with Crippen molar-refractivity contribution in [2.45, 2.75) is 10.6 Å². The second kappa shape index (κ2) is 5.37. The van der Waals surface area contributed by atoms with E-state index in [9.17, 15) is 4.39 Å². The highest BCUT2D eigenvalue weighted by Crippen LogP contribution is 2.25. The van der Waals surface area contributed by atoms with Gasteiger partial charge >= 0.3 is 0 Å². The first kappa shape index (κ1) is 11.5. The summed E-state index contributed by atoms with van der Waals surface area (Å²) in [4.78, 5) is 1.12. The Balaban J connectivity index is 1.99. The highest BCUT2D eigenvalue weighted by atomic mass is 35.5. The zero-order chi connectivity index (χ0) is 11.4. The van der Waals surface area contributed by atoms with Gasteiger partial charge in [-0.1, -0.05) is 29.8 Å². The maximum atomic E-state index is 12.7. The van der Waals surface area contributed by atoms with Crippen LogP contribution in [0.25, 0.3) is 0 Å². The van der Waals surface area contributed by atoms with E-state index < -0.39 is 0 Å². The zero-order valence-electron chi connectivity index (χ0n) is 8.49. The Morgan fingerprint density at radius 3 is 2.50 bits per heavy atom. The van der Waals surface area contributed by atoms with Crippen LogP contribution in [0.1, 0.15) is 5.56 Å². The van der Waals surface area contributed by atoms with Crippen LogP contribution in [0, 0.1) is 5.82 Å². The number of thioether (sulfide) groups is 1. The fourth-order valence-electron chi connectivity index (χ4n) is 1.30. The van der Waals surface area contributed by atoms with Gasteiger partial charge in [0.05, 0.1) is 0 Å². The third kappa shape index (κ3) is 3.26. The van der Waals surface area contributed by atoms with Gasteiger partial charge in [-0.3, -0.25) is 0 Å². The zero-order valence-corrected chi connectivity index (χ0v) is 10.1. The first-order chi connectivity index (χ1) is 7.74. The van der Waals surface area contributed by atoms with Crippen LogP contribution in [0.5, 0.6) is 0 Å². The largest absolute Gasteiger partial charge is 0.207 e. The van der Waals surface area contributed by atoms with Gasteiger partial charge in [0.25, 0.3) is 0 Å². The molecule has 0 aliphatic carbocycles. The Kier molecular flexibility index (Phi) is 3.86. The van der Waals surface area contributed by atoms with E-state index in [1.165, 1.54) is 12.1 Å². The van der Waals surface area contributed by atoms with Crippen LogP contribution in [0.3, 0.4) is 0 Å². The molecule has 0 spiro atoms. The second-order valence-corrected chi connectivity index (χ2v) is 4.86. The van der Waals surface area contributed by atoms with Gasteiger partial charge in [-0.05, 0) is 35.9 Å². The van der Waals surface area contributed by atoms with E-state index in [1.807, 2.05) is 24.3 Å². The van der Waals surface area contributed by atoms with Crippen LogP contribution < -0.4 is 0 Å². The van der Waals surface area contributed by atoms with Crippen LogP contribution in [-0.4, -0.2) is 0 Å². The fraction of sp³-hybridized carbons (Fsp3) is 0.0769. The summed E-state index contributed by atoms with van der Waals surface area (Å²) in [6, 6.07) is 14.3. The summed E-state index contributed by atoms with van der Waals surface area (Å²) in [7, 11) is 0. The topological polar surface area (TPSA) is 0 Å². The molecule has 0 aromatic heterocycles. The van der Waals surface area contributed by atoms with E-state index in [0.29, 0.717) is 0 Å².